The van der Waals surface area contributed by atoms with E-state index in [0.717, 1.165) is 16.7 Å². The van der Waals surface area contributed by atoms with Crippen LogP contribution in [0.15, 0.2) is 60.7 Å². The monoisotopic (exact) mass is 481 g/mol. The number of ketones is 1. The van der Waals surface area contributed by atoms with Crippen molar-refractivity contribution >= 4 is 40.6 Å². The summed E-state index contributed by atoms with van der Waals surface area (Å²) in [5.74, 6) is -0.610. The molecule has 3 aromatic carbocycles. The SMILES string of the molecule is Cc1ccc(C(C)C)cc1C(=O)C[C@]1(O)C(=O)N(Cc2ccccc2Cl)c2ccc(Cl)cc21. The predicted octanol–water partition coefficient (Wildman–Crippen LogP) is 6.43. The average Bonchev–Trinajstić information content (AvgIpc) is 2.96. The van der Waals surface area contributed by atoms with Gasteiger partial charge in [-0.25, -0.2) is 0 Å². The van der Waals surface area contributed by atoms with Crippen LogP contribution in [0.3, 0.4) is 0 Å². The Bertz CT molecular complexity index is 1250. The maximum atomic E-state index is 13.6. The molecular weight excluding hydrogens is 457 g/mol. The fourth-order valence-corrected chi connectivity index (χ4v) is 4.64. The lowest BCUT2D eigenvalue weighted by molar-refractivity contribution is -0.136. The number of amides is 1. The number of fused-ring (bicyclic) bond motifs is 1. The maximum Gasteiger partial charge on any atom is 0.264 e. The fraction of sp³-hybridized carbons (Fsp3) is 0.259. The third-order valence-electron chi connectivity index (χ3n) is 6.23. The van der Waals surface area contributed by atoms with Crippen molar-refractivity contribution in [2.75, 3.05) is 4.90 Å². The number of halogens is 2. The van der Waals surface area contributed by atoms with Crippen molar-refractivity contribution < 1.29 is 14.7 Å². The van der Waals surface area contributed by atoms with Crippen LogP contribution in [0.4, 0.5) is 5.69 Å². The summed E-state index contributed by atoms with van der Waals surface area (Å²) in [6.45, 7) is 6.13. The lowest BCUT2D eigenvalue weighted by Gasteiger charge is -2.23. The highest BCUT2D eigenvalue weighted by Gasteiger charge is 2.51. The van der Waals surface area contributed by atoms with Crippen molar-refractivity contribution in [3.63, 3.8) is 0 Å². The van der Waals surface area contributed by atoms with Crippen molar-refractivity contribution in [3.05, 3.63) is 98.5 Å². The summed E-state index contributed by atoms with van der Waals surface area (Å²) in [7, 11) is 0. The van der Waals surface area contributed by atoms with Crippen LogP contribution in [-0.2, 0) is 16.9 Å². The topological polar surface area (TPSA) is 57.6 Å². The third kappa shape index (κ3) is 4.31. The first kappa shape index (κ1) is 23.5. The zero-order chi connectivity index (χ0) is 23.9. The van der Waals surface area contributed by atoms with Gasteiger partial charge in [0.25, 0.3) is 5.91 Å². The molecule has 1 aliphatic heterocycles. The number of carbonyl (C=O) groups is 2. The number of rotatable bonds is 6. The molecule has 3 aromatic rings. The zero-order valence-electron chi connectivity index (χ0n) is 18.7. The summed E-state index contributed by atoms with van der Waals surface area (Å²) in [4.78, 5) is 28.4. The van der Waals surface area contributed by atoms with Crippen LogP contribution in [0, 0.1) is 6.92 Å². The van der Waals surface area contributed by atoms with Crippen molar-refractivity contribution in [2.24, 2.45) is 0 Å². The molecule has 6 heteroatoms. The molecule has 0 bridgehead atoms. The summed E-state index contributed by atoms with van der Waals surface area (Å²) in [6.07, 6.45) is -0.374. The molecule has 1 amide bonds. The van der Waals surface area contributed by atoms with Gasteiger partial charge in [-0.3, -0.25) is 9.59 Å². The Morgan fingerprint density at radius 2 is 1.79 bits per heavy atom. The van der Waals surface area contributed by atoms with E-state index in [0.29, 0.717) is 26.9 Å². The van der Waals surface area contributed by atoms with E-state index in [4.69, 9.17) is 23.2 Å². The average molecular weight is 482 g/mol. The summed E-state index contributed by atoms with van der Waals surface area (Å²) >= 11 is 12.5. The number of carbonyl (C=O) groups excluding carboxylic acids is 2. The molecule has 4 rings (SSSR count). The van der Waals surface area contributed by atoms with E-state index in [-0.39, 0.29) is 24.7 Å². The molecular formula is C27H25Cl2NO3. The predicted molar refractivity (Wildman–Crippen MR) is 132 cm³/mol. The number of nitrogens with zero attached hydrogens (tertiary/aromatic N) is 1. The molecule has 0 aromatic heterocycles. The molecule has 4 nitrogen and oxygen atoms in total. The molecule has 0 fully saturated rings. The van der Waals surface area contributed by atoms with Crippen molar-refractivity contribution in [2.45, 2.75) is 45.3 Å². The zero-order valence-corrected chi connectivity index (χ0v) is 20.2. The lowest BCUT2D eigenvalue weighted by Crippen LogP contribution is -2.41. The summed E-state index contributed by atoms with van der Waals surface area (Å²) in [5.41, 5.74) is 1.92. The maximum absolute atomic E-state index is 13.6. The van der Waals surface area contributed by atoms with Gasteiger partial charge in [0.1, 0.15) is 0 Å². The van der Waals surface area contributed by atoms with Gasteiger partial charge in [-0.15, -0.1) is 0 Å². The van der Waals surface area contributed by atoms with E-state index in [1.807, 2.05) is 43.3 Å². The van der Waals surface area contributed by atoms with Crippen molar-refractivity contribution in [3.8, 4) is 0 Å². The largest absolute Gasteiger partial charge is 0.375 e. The first-order chi connectivity index (χ1) is 15.6. The molecule has 0 unspecified atom stereocenters. The van der Waals surface area contributed by atoms with Gasteiger partial charge in [0.15, 0.2) is 11.4 Å². The Morgan fingerprint density at radius 3 is 2.48 bits per heavy atom. The molecule has 1 atom stereocenters. The molecule has 0 saturated heterocycles. The van der Waals surface area contributed by atoms with Crippen molar-refractivity contribution in [1.29, 1.82) is 0 Å². The van der Waals surface area contributed by atoms with Gasteiger partial charge in [-0.2, -0.15) is 0 Å². The molecule has 0 spiro atoms. The quantitative estimate of drug-likeness (QED) is 0.412. The van der Waals surface area contributed by atoms with E-state index in [2.05, 4.69) is 13.8 Å². The van der Waals surface area contributed by atoms with Gasteiger partial charge in [-0.1, -0.05) is 67.4 Å². The molecule has 1 aliphatic rings. The second-order valence-corrected chi connectivity index (χ2v) is 9.68. The lowest BCUT2D eigenvalue weighted by atomic mass is 9.86. The molecule has 1 heterocycles. The van der Waals surface area contributed by atoms with E-state index in [1.54, 1.807) is 24.3 Å². The Labute approximate surface area is 203 Å². The van der Waals surface area contributed by atoms with Crippen LogP contribution in [0.1, 0.15) is 58.8 Å². The highest BCUT2D eigenvalue weighted by Crippen LogP contribution is 2.45. The standard InChI is InChI=1S/C27H25Cl2NO3/c1-16(2)18-9-8-17(3)21(12-18)25(31)14-27(33)22-13-20(28)10-11-24(22)30(26(27)32)15-19-6-4-5-7-23(19)29/h4-13,16,33H,14-15H2,1-3H3/t27-/m1/s1. The molecule has 33 heavy (non-hydrogen) atoms. The summed E-state index contributed by atoms with van der Waals surface area (Å²) in [5, 5.41) is 12.6. The minimum atomic E-state index is -2.02. The van der Waals surface area contributed by atoms with E-state index >= 15 is 0 Å². The van der Waals surface area contributed by atoms with Gasteiger partial charge in [0, 0.05) is 21.2 Å². The second-order valence-electron chi connectivity index (χ2n) is 8.83. The number of hydrogen-bond donors (Lipinski definition) is 1. The van der Waals surface area contributed by atoms with E-state index < -0.39 is 11.5 Å². The Hall–Kier alpha value is -2.66. The third-order valence-corrected chi connectivity index (χ3v) is 6.83. The van der Waals surface area contributed by atoms with Crippen LogP contribution in [0.5, 0.6) is 0 Å². The molecule has 0 aliphatic carbocycles. The summed E-state index contributed by atoms with van der Waals surface area (Å²) < 4.78 is 0. The number of Topliss-reactive ketones (excluding diaryl/α,β-unsaturated/α-hetero) is 1. The van der Waals surface area contributed by atoms with Crippen LogP contribution < -0.4 is 4.90 Å². The molecule has 1 N–H and O–H groups in total. The van der Waals surface area contributed by atoms with Crippen LogP contribution in [0.25, 0.3) is 0 Å². The first-order valence-electron chi connectivity index (χ1n) is 10.8. The Morgan fingerprint density at radius 1 is 1.06 bits per heavy atom. The highest BCUT2D eigenvalue weighted by atomic mass is 35.5. The Kier molecular flexibility index (Phi) is 6.37. The number of anilines is 1. The number of hydrogen-bond acceptors (Lipinski definition) is 3. The van der Waals surface area contributed by atoms with Gasteiger partial charge in [0.05, 0.1) is 18.7 Å². The number of aliphatic hydroxyl groups is 1. The van der Waals surface area contributed by atoms with E-state index in [1.165, 1.54) is 4.90 Å². The van der Waals surface area contributed by atoms with Gasteiger partial charge >= 0.3 is 0 Å². The minimum absolute atomic E-state index is 0.172. The first-order valence-corrected chi connectivity index (χ1v) is 11.6. The normalized spacial score (nSPS) is 17.5. The molecule has 170 valence electrons. The van der Waals surface area contributed by atoms with Crippen molar-refractivity contribution in [1.82, 2.24) is 0 Å². The van der Waals surface area contributed by atoms with Gasteiger partial charge < -0.3 is 10.0 Å². The van der Waals surface area contributed by atoms with Crippen LogP contribution in [-0.4, -0.2) is 16.8 Å². The van der Waals surface area contributed by atoms with Crippen LogP contribution >= 0.6 is 23.2 Å². The number of benzene rings is 3. The fourth-order valence-electron chi connectivity index (χ4n) is 4.27. The van der Waals surface area contributed by atoms with E-state index in [9.17, 15) is 14.7 Å². The van der Waals surface area contributed by atoms with Crippen LogP contribution in [0.2, 0.25) is 10.0 Å². The Balaban J connectivity index is 1.73. The molecule has 0 saturated carbocycles. The molecule has 0 radical (unpaired) electrons. The van der Waals surface area contributed by atoms with Gasteiger partial charge in [-0.05, 0) is 59.9 Å². The van der Waals surface area contributed by atoms with Gasteiger partial charge in [0.2, 0.25) is 0 Å². The minimum Gasteiger partial charge on any atom is -0.375 e. The second kappa shape index (κ2) is 8.94. The smallest absolute Gasteiger partial charge is 0.264 e. The number of aryl methyl sites for hydroxylation is 1. The highest BCUT2D eigenvalue weighted by molar-refractivity contribution is 6.31. The summed E-state index contributed by atoms with van der Waals surface area (Å²) in [6, 6.07) is 17.9.